The van der Waals surface area contributed by atoms with Crippen molar-refractivity contribution in [1.82, 2.24) is 9.62 Å². The molecule has 3 saturated heterocycles. The van der Waals surface area contributed by atoms with Gasteiger partial charge in [0.25, 0.3) is 0 Å². The molecule has 0 aliphatic carbocycles. The molecule has 86 valence electrons. The Bertz CT molecular complexity index is 357. The molecule has 2 bridgehead atoms. The molecule has 0 spiro atoms. The zero-order valence-electron chi connectivity index (χ0n) is 8.77. The smallest absolute Gasteiger partial charge is 0.287 e. The molecule has 0 radical (unpaired) electrons. The summed E-state index contributed by atoms with van der Waals surface area (Å²) in [7, 11) is -3.55. The Hall–Kier alpha value is -0.660. The topological polar surface area (TPSA) is 66.5 Å². The van der Waals surface area contributed by atoms with E-state index in [-0.39, 0.29) is 3.89 Å². The Kier molecular flexibility index (Phi) is 2.48. The van der Waals surface area contributed by atoms with E-state index >= 15 is 0 Å². The molecule has 3 aliphatic rings. The Morgan fingerprint density at radius 2 is 1.67 bits per heavy atom. The maximum atomic E-state index is 12.0. The summed E-state index contributed by atoms with van der Waals surface area (Å²) in [6, 6.07) is 0. The van der Waals surface area contributed by atoms with Crippen LogP contribution in [0.2, 0.25) is 0 Å². The fraction of sp³-hybridized carbons (Fsp3) is 0.875. The lowest BCUT2D eigenvalue weighted by molar-refractivity contribution is -0.824. The summed E-state index contributed by atoms with van der Waals surface area (Å²) < 4.78 is 26.1. The van der Waals surface area contributed by atoms with Crippen molar-refractivity contribution in [2.75, 3.05) is 39.3 Å². The van der Waals surface area contributed by atoms with E-state index in [1.807, 2.05) is 0 Å². The van der Waals surface area contributed by atoms with E-state index < -0.39 is 16.1 Å². The lowest BCUT2D eigenvalue weighted by Crippen LogP contribution is -2.71. The Morgan fingerprint density at radius 3 is 2.07 bits per heavy atom. The minimum Gasteiger partial charge on any atom is -0.287 e. The second-order valence-corrected chi connectivity index (χ2v) is 6.13. The van der Waals surface area contributed by atoms with Crippen molar-refractivity contribution in [2.45, 2.75) is 6.92 Å². The van der Waals surface area contributed by atoms with Gasteiger partial charge in [0.1, 0.15) is 19.6 Å². The van der Waals surface area contributed by atoms with Gasteiger partial charge in [-0.15, -0.1) is 0 Å². The van der Waals surface area contributed by atoms with Crippen molar-refractivity contribution in [3.8, 4) is 0 Å². The van der Waals surface area contributed by atoms with E-state index in [9.17, 15) is 13.2 Å². The summed E-state index contributed by atoms with van der Waals surface area (Å²) in [5, 5.41) is 0. The lowest BCUT2D eigenvalue weighted by atomic mass is 10.2. The molecule has 0 aromatic rings. The predicted octanol–water partition coefficient (Wildman–Crippen LogP) is -1.49. The first-order valence-corrected chi connectivity index (χ1v) is 6.51. The summed E-state index contributed by atoms with van der Waals surface area (Å²) in [5.41, 5.74) is 0. The van der Waals surface area contributed by atoms with Gasteiger partial charge in [0, 0.05) is 26.6 Å². The molecule has 15 heavy (non-hydrogen) atoms. The number of carbonyl (C=O) groups excluding carboxylic acids is 1. The van der Waals surface area contributed by atoms with Crippen molar-refractivity contribution >= 4 is 16.1 Å². The zero-order chi connectivity index (χ0) is 11.1. The van der Waals surface area contributed by atoms with Gasteiger partial charge in [0.05, 0.1) is 0 Å². The predicted molar refractivity (Wildman–Crippen MR) is 54.0 cm³/mol. The number of hydrogen-bond donors (Lipinski definition) is 1. The van der Waals surface area contributed by atoms with Gasteiger partial charge in [-0.3, -0.25) is 9.69 Å². The monoisotopic (exact) mass is 234 g/mol. The molecule has 3 aliphatic heterocycles. The fourth-order valence-electron chi connectivity index (χ4n) is 2.28. The summed E-state index contributed by atoms with van der Waals surface area (Å²) in [4.78, 5) is 13.1. The van der Waals surface area contributed by atoms with E-state index in [1.54, 1.807) is 0 Å². The number of nitrogens with one attached hydrogen (secondary N) is 1. The van der Waals surface area contributed by atoms with E-state index in [2.05, 4.69) is 9.62 Å². The maximum Gasteiger partial charge on any atom is 0.396 e. The first-order chi connectivity index (χ1) is 6.95. The van der Waals surface area contributed by atoms with Gasteiger partial charge >= 0.3 is 10.2 Å². The highest BCUT2D eigenvalue weighted by atomic mass is 32.2. The highest BCUT2D eigenvalue weighted by molar-refractivity contribution is 7.84. The van der Waals surface area contributed by atoms with E-state index in [0.29, 0.717) is 19.6 Å². The third kappa shape index (κ3) is 1.75. The molecule has 0 atom stereocenters. The molecule has 3 heterocycles. The zero-order valence-corrected chi connectivity index (χ0v) is 9.59. The van der Waals surface area contributed by atoms with Crippen LogP contribution in [0.1, 0.15) is 6.92 Å². The summed E-state index contributed by atoms with van der Waals surface area (Å²) >= 11 is 0. The van der Waals surface area contributed by atoms with E-state index in [1.165, 1.54) is 6.92 Å². The number of fused-ring (bicyclic) bond motifs is 3. The van der Waals surface area contributed by atoms with E-state index in [0.717, 1.165) is 19.6 Å². The van der Waals surface area contributed by atoms with Gasteiger partial charge in [0.15, 0.2) is 0 Å². The van der Waals surface area contributed by atoms with Crippen LogP contribution in [-0.4, -0.2) is 62.4 Å². The van der Waals surface area contributed by atoms with Crippen LogP contribution in [0.4, 0.5) is 0 Å². The molecule has 3 fully saturated rings. The van der Waals surface area contributed by atoms with Crippen molar-refractivity contribution in [3.05, 3.63) is 0 Å². The van der Waals surface area contributed by atoms with Crippen LogP contribution in [0.25, 0.3) is 0 Å². The van der Waals surface area contributed by atoms with Gasteiger partial charge in [-0.05, 0) is 0 Å². The molecule has 6 nitrogen and oxygen atoms in total. The van der Waals surface area contributed by atoms with Gasteiger partial charge in [0.2, 0.25) is 5.91 Å². The fourth-order valence-corrected chi connectivity index (χ4v) is 3.80. The minimum absolute atomic E-state index is 0.0308. The normalized spacial score (nSPS) is 35.1. The summed E-state index contributed by atoms with van der Waals surface area (Å²) in [6.07, 6.45) is 0. The van der Waals surface area contributed by atoms with Crippen LogP contribution in [-0.2, 0) is 15.0 Å². The van der Waals surface area contributed by atoms with Gasteiger partial charge in [-0.2, -0.15) is 12.3 Å². The number of carbonyl (C=O) groups is 1. The number of quaternary nitrogens is 1. The van der Waals surface area contributed by atoms with Crippen molar-refractivity contribution in [2.24, 2.45) is 0 Å². The molecule has 1 N–H and O–H groups in total. The summed E-state index contributed by atoms with van der Waals surface area (Å²) in [6.45, 7) is 5.40. The molecule has 7 heteroatoms. The van der Waals surface area contributed by atoms with Gasteiger partial charge < -0.3 is 0 Å². The average molecular weight is 234 g/mol. The van der Waals surface area contributed by atoms with Crippen LogP contribution in [0.15, 0.2) is 0 Å². The second kappa shape index (κ2) is 3.43. The Morgan fingerprint density at radius 1 is 1.20 bits per heavy atom. The van der Waals surface area contributed by atoms with Crippen LogP contribution in [0.3, 0.4) is 0 Å². The summed E-state index contributed by atoms with van der Waals surface area (Å²) in [5.74, 6) is -0.504. The number of nitrogens with zero attached hydrogens (tertiary/aromatic N) is 2. The highest BCUT2D eigenvalue weighted by Crippen LogP contribution is 2.23. The molecule has 0 unspecified atom stereocenters. The van der Waals surface area contributed by atoms with Crippen LogP contribution in [0, 0.1) is 0 Å². The molecule has 0 aromatic carbocycles. The molecule has 0 aromatic heterocycles. The quantitative estimate of drug-likeness (QED) is 0.591. The Labute approximate surface area is 89.6 Å². The SMILES string of the molecule is CC(=O)NS(=O)(=O)[N+]12CCN(CC1)CC2. The molecular formula is C8H16N3O3S+. The first kappa shape index (κ1) is 10.8. The van der Waals surface area contributed by atoms with Crippen LogP contribution >= 0.6 is 0 Å². The van der Waals surface area contributed by atoms with Crippen LogP contribution < -0.4 is 4.72 Å². The third-order valence-electron chi connectivity index (χ3n) is 3.25. The average Bonchev–Trinajstić information content (AvgIpc) is 2.18. The van der Waals surface area contributed by atoms with Gasteiger partial charge in [-0.1, -0.05) is 0 Å². The van der Waals surface area contributed by atoms with Crippen molar-refractivity contribution in [3.63, 3.8) is 0 Å². The largest absolute Gasteiger partial charge is 0.396 e. The minimum atomic E-state index is -3.55. The third-order valence-corrected chi connectivity index (χ3v) is 5.37. The second-order valence-electron chi connectivity index (χ2n) is 4.20. The molecular weight excluding hydrogens is 218 g/mol. The number of piperazine rings is 3. The number of rotatable bonds is 2. The Balaban J connectivity index is 2.24. The molecule has 1 amide bonds. The standard InChI is InChI=1S/C8H15N3O3S/c1-8(12)9-15(13,14)11-5-2-10(3-6-11)4-7-11/h2-7H2,1H3/p+1. The van der Waals surface area contributed by atoms with E-state index in [4.69, 9.17) is 0 Å². The number of amides is 1. The van der Waals surface area contributed by atoms with Crippen LogP contribution in [0.5, 0.6) is 0 Å². The lowest BCUT2D eigenvalue weighted by Gasteiger charge is -2.47. The maximum absolute atomic E-state index is 12.0. The number of hydrogen-bond acceptors (Lipinski definition) is 4. The molecule has 0 saturated carbocycles. The van der Waals surface area contributed by atoms with Crippen molar-refractivity contribution < 1.29 is 17.1 Å². The van der Waals surface area contributed by atoms with Gasteiger partial charge in [-0.25, -0.2) is 4.72 Å². The molecule has 3 rings (SSSR count). The highest BCUT2D eigenvalue weighted by Gasteiger charge is 2.48. The van der Waals surface area contributed by atoms with Crippen molar-refractivity contribution in [1.29, 1.82) is 0 Å². The first-order valence-electron chi connectivity index (χ1n) is 5.07.